The van der Waals surface area contributed by atoms with E-state index in [4.69, 9.17) is 17.3 Å². The van der Waals surface area contributed by atoms with Gasteiger partial charge in [0.2, 0.25) is 0 Å². The fraction of sp³-hybridized carbons (Fsp3) is 0.500. The molecule has 18 heavy (non-hydrogen) atoms. The van der Waals surface area contributed by atoms with E-state index in [1.807, 2.05) is 11.9 Å². The molecule has 102 valence electrons. The summed E-state index contributed by atoms with van der Waals surface area (Å²) in [6.45, 7) is -0.959. The van der Waals surface area contributed by atoms with Crippen LogP contribution in [0.25, 0.3) is 0 Å². The molecule has 6 heteroatoms. The quantitative estimate of drug-likeness (QED) is 0.833. The van der Waals surface area contributed by atoms with Gasteiger partial charge in [0.05, 0.1) is 0 Å². The van der Waals surface area contributed by atoms with Gasteiger partial charge in [0.25, 0.3) is 0 Å². The summed E-state index contributed by atoms with van der Waals surface area (Å²) in [5, 5.41) is 0.499. The highest BCUT2D eigenvalue weighted by Crippen LogP contribution is 2.25. The van der Waals surface area contributed by atoms with Crippen LogP contribution < -0.4 is 10.5 Å². The topological polar surface area (TPSA) is 38.5 Å². The summed E-state index contributed by atoms with van der Waals surface area (Å²) in [5.74, 6) is 0.161. The first kappa shape index (κ1) is 15.1. The summed E-state index contributed by atoms with van der Waals surface area (Å²) in [4.78, 5) is 1.98. The number of rotatable bonds is 7. The number of hydrogen-bond acceptors (Lipinski definition) is 3. The second-order valence-electron chi connectivity index (χ2n) is 4.01. The lowest BCUT2D eigenvalue weighted by atomic mass is 10.2. The van der Waals surface area contributed by atoms with Crippen molar-refractivity contribution >= 4 is 11.6 Å². The van der Waals surface area contributed by atoms with Crippen LogP contribution in [-0.4, -0.2) is 31.6 Å². The van der Waals surface area contributed by atoms with Gasteiger partial charge in [0.15, 0.2) is 0 Å². The molecule has 0 radical (unpaired) electrons. The molecule has 2 N–H and O–H groups in total. The summed E-state index contributed by atoms with van der Waals surface area (Å²) < 4.78 is 29.0. The molecule has 0 aliphatic heterocycles. The third-order valence-corrected chi connectivity index (χ3v) is 2.66. The molecular weight excluding hydrogens is 262 g/mol. The average Bonchev–Trinajstić information content (AvgIpc) is 2.29. The van der Waals surface area contributed by atoms with E-state index in [0.29, 0.717) is 23.7 Å². The first-order chi connectivity index (χ1) is 8.52. The van der Waals surface area contributed by atoms with E-state index in [0.717, 1.165) is 13.0 Å². The van der Waals surface area contributed by atoms with Crippen LogP contribution in [-0.2, 0) is 6.54 Å². The van der Waals surface area contributed by atoms with Gasteiger partial charge in [-0.05, 0) is 44.8 Å². The number of hydrogen-bond donors (Lipinski definition) is 1. The number of benzene rings is 1. The van der Waals surface area contributed by atoms with E-state index in [-0.39, 0.29) is 5.75 Å². The van der Waals surface area contributed by atoms with Gasteiger partial charge < -0.3 is 15.4 Å². The first-order valence-corrected chi connectivity index (χ1v) is 6.02. The average molecular weight is 279 g/mol. The zero-order valence-electron chi connectivity index (χ0n) is 10.2. The van der Waals surface area contributed by atoms with Gasteiger partial charge >= 0.3 is 6.61 Å². The number of nitrogens with two attached hydrogens (primary N) is 1. The minimum absolute atomic E-state index is 0.161. The molecule has 0 saturated carbocycles. The molecule has 0 aliphatic rings. The van der Waals surface area contributed by atoms with Crippen LogP contribution in [0.3, 0.4) is 0 Å². The van der Waals surface area contributed by atoms with Crippen molar-refractivity contribution in [3.05, 3.63) is 28.8 Å². The van der Waals surface area contributed by atoms with Gasteiger partial charge in [0, 0.05) is 17.1 Å². The van der Waals surface area contributed by atoms with Crippen molar-refractivity contribution in [1.82, 2.24) is 4.90 Å². The highest BCUT2D eigenvalue weighted by atomic mass is 35.5. The molecule has 1 rings (SSSR count). The number of ether oxygens (including phenoxy) is 1. The van der Waals surface area contributed by atoms with Gasteiger partial charge in [-0.3, -0.25) is 0 Å². The number of alkyl halides is 2. The predicted octanol–water partition coefficient (Wildman–Crippen LogP) is 2.72. The first-order valence-electron chi connectivity index (χ1n) is 5.64. The Morgan fingerprint density at radius 3 is 2.78 bits per heavy atom. The standard InChI is InChI=1S/C12H17ClF2N2O/c1-17(6-2-5-16)8-9-7-10(13)3-4-11(9)18-12(14)15/h3-4,7,12H,2,5-6,8,16H2,1H3. The summed E-state index contributed by atoms with van der Waals surface area (Å²) in [6, 6.07) is 4.63. The minimum Gasteiger partial charge on any atom is -0.434 e. The van der Waals surface area contributed by atoms with Crippen LogP contribution in [0.4, 0.5) is 8.78 Å². The van der Waals surface area contributed by atoms with Gasteiger partial charge in [-0.2, -0.15) is 8.78 Å². The lowest BCUT2D eigenvalue weighted by Gasteiger charge is -2.18. The maximum atomic E-state index is 12.3. The SMILES string of the molecule is CN(CCCN)Cc1cc(Cl)ccc1OC(F)F. The molecule has 0 unspecified atom stereocenters. The maximum absolute atomic E-state index is 12.3. The number of halogens is 3. The van der Waals surface area contributed by atoms with Crippen molar-refractivity contribution in [2.75, 3.05) is 20.1 Å². The van der Waals surface area contributed by atoms with Crippen LogP contribution >= 0.6 is 11.6 Å². The van der Waals surface area contributed by atoms with Crippen LogP contribution in [0.5, 0.6) is 5.75 Å². The highest BCUT2D eigenvalue weighted by Gasteiger charge is 2.11. The Morgan fingerprint density at radius 2 is 2.17 bits per heavy atom. The van der Waals surface area contributed by atoms with Crippen molar-refractivity contribution < 1.29 is 13.5 Å². The van der Waals surface area contributed by atoms with Crippen LogP contribution in [0.1, 0.15) is 12.0 Å². The molecule has 0 aliphatic carbocycles. The Labute approximate surface area is 110 Å². The molecule has 3 nitrogen and oxygen atoms in total. The van der Waals surface area contributed by atoms with Crippen LogP contribution in [0, 0.1) is 0 Å². The minimum atomic E-state index is -2.83. The third-order valence-electron chi connectivity index (χ3n) is 2.42. The summed E-state index contributed by atoms with van der Waals surface area (Å²) >= 11 is 5.86. The van der Waals surface area contributed by atoms with E-state index < -0.39 is 6.61 Å². The molecule has 1 aromatic carbocycles. The van der Waals surface area contributed by atoms with Crippen LogP contribution in [0.2, 0.25) is 5.02 Å². The van der Waals surface area contributed by atoms with Gasteiger partial charge in [-0.1, -0.05) is 11.6 Å². The Kier molecular flexibility index (Phi) is 6.32. The fourth-order valence-electron chi connectivity index (χ4n) is 1.61. The predicted molar refractivity (Wildman–Crippen MR) is 68.1 cm³/mol. The Morgan fingerprint density at radius 1 is 1.44 bits per heavy atom. The fourth-order valence-corrected chi connectivity index (χ4v) is 1.81. The summed E-state index contributed by atoms with van der Waals surface area (Å²) in [7, 11) is 1.89. The van der Waals surface area contributed by atoms with Crippen molar-refractivity contribution in [1.29, 1.82) is 0 Å². The zero-order chi connectivity index (χ0) is 13.5. The molecule has 0 spiro atoms. The van der Waals surface area contributed by atoms with Gasteiger partial charge in [0.1, 0.15) is 5.75 Å². The van der Waals surface area contributed by atoms with E-state index in [2.05, 4.69) is 4.74 Å². The lowest BCUT2D eigenvalue weighted by Crippen LogP contribution is -2.22. The Bertz CT molecular complexity index is 377. The Hall–Kier alpha value is -0.910. The molecule has 1 aromatic rings. The maximum Gasteiger partial charge on any atom is 0.387 e. The molecule has 0 atom stereocenters. The molecule has 0 amide bonds. The lowest BCUT2D eigenvalue weighted by molar-refractivity contribution is -0.0507. The highest BCUT2D eigenvalue weighted by molar-refractivity contribution is 6.30. The van der Waals surface area contributed by atoms with E-state index in [9.17, 15) is 8.78 Å². The summed E-state index contributed by atoms with van der Waals surface area (Å²) in [6.07, 6.45) is 0.849. The second kappa shape index (κ2) is 7.51. The number of nitrogens with zero attached hydrogens (tertiary/aromatic N) is 1. The largest absolute Gasteiger partial charge is 0.434 e. The van der Waals surface area contributed by atoms with Crippen molar-refractivity contribution in [2.24, 2.45) is 5.73 Å². The van der Waals surface area contributed by atoms with Crippen LogP contribution in [0.15, 0.2) is 18.2 Å². The van der Waals surface area contributed by atoms with E-state index in [1.54, 1.807) is 6.07 Å². The normalized spacial score (nSPS) is 11.3. The van der Waals surface area contributed by atoms with Crippen molar-refractivity contribution in [2.45, 2.75) is 19.6 Å². The second-order valence-corrected chi connectivity index (χ2v) is 4.45. The molecule has 0 aromatic heterocycles. The molecular formula is C12H17ClF2N2O. The van der Waals surface area contributed by atoms with E-state index in [1.165, 1.54) is 12.1 Å². The third kappa shape index (κ3) is 5.16. The molecule has 0 heterocycles. The van der Waals surface area contributed by atoms with Crippen molar-refractivity contribution in [3.63, 3.8) is 0 Å². The smallest absolute Gasteiger partial charge is 0.387 e. The molecule has 0 fully saturated rings. The molecule has 0 saturated heterocycles. The van der Waals surface area contributed by atoms with E-state index >= 15 is 0 Å². The zero-order valence-corrected chi connectivity index (χ0v) is 11.0. The molecule has 0 bridgehead atoms. The summed E-state index contributed by atoms with van der Waals surface area (Å²) in [5.41, 5.74) is 6.06. The Balaban J connectivity index is 2.75. The monoisotopic (exact) mass is 278 g/mol. The van der Waals surface area contributed by atoms with Gasteiger partial charge in [-0.15, -0.1) is 0 Å². The van der Waals surface area contributed by atoms with Crippen molar-refractivity contribution in [3.8, 4) is 5.75 Å². The van der Waals surface area contributed by atoms with Gasteiger partial charge in [-0.25, -0.2) is 0 Å².